The molecular weight excluding hydrogens is 324 g/mol. The van der Waals surface area contributed by atoms with Crippen molar-refractivity contribution in [2.24, 2.45) is 0 Å². The van der Waals surface area contributed by atoms with Crippen molar-refractivity contribution in [3.8, 4) is 11.6 Å². The Balaban J connectivity index is 2.39. The van der Waals surface area contributed by atoms with E-state index in [0.717, 1.165) is 6.42 Å². The summed E-state index contributed by atoms with van der Waals surface area (Å²) < 4.78 is 7.29. The number of carbonyl (C=O) groups is 1. The summed E-state index contributed by atoms with van der Waals surface area (Å²) in [6, 6.07) is 6.14. The van der Waals surface area contributed by atoms with E-state index in [0.29, 0.717) is 18.0 Å². The van der Waals surface area contributed by atoms with Gasteiger partial charge >= 0.3 is 5.69 Å². The minimum atomic E-state index is -0.506. The number of nitrogens with zero attached hydrogens (tertiary/aromatic N) is 3. The highest BCUT2D eigenvalue weighted by Gasteiger charge is 2.24. The number of para-hydroxylation sites is 2. The standard InChI is InChI=1S/C17H22N4O4/c1-5-11(3)18-16(22)15-12(4)17(20(6-2)19-15)25-14-10-8-7-9-13(14)21(23)24/h7-11H,5-6H2,1-4H3,(H,18,22). The molecular formula is C17H22N4O4. The molecule has 1 atom stereocenters. The second-order valence-corrected chi connectivity index (χ2v) is 5.70. The van der Waals surface area contributed by atoms with Gasteiger partial charge in [-0.2, -0.15) is 5.10 Å². The Morgan fingerprint density at radius 2 is 2.08 bits per heavy atom. The van der Waals surface area contributed by atoms with E-state index in [9.17, 15) is 14.9 Å². The largest absolute Gasteiger partial charge is 0.432 e. The number of nitrogens with one attached hydrogen (secondary N) is 1. The first-order valence-electron chi connectivity index (χ1n) is 8.18. The van der Waals surface area contributed by atoms with Crippen molar-refractivity contribution >= 4 is 11.6 Å². The number of hydrogen-bond donors (Lipinski definition) is 1. The van der Waals surface area contributed by atoms with Crippen LogP contribution in [0.5, 0.6) is 11.6 Å². The average Bonchev–Trinajstić information content (AvgIpc) is 2.91. The molecule has 1 aromatic heterocycles. The van der Waals surface area contributed by atoms with E-state index in [1.165, 1.54) is 16.8 Å². The molecule has 0 aliphatic carbocycles. The smallest absolute Gasteiger partial charge is 0.311 e. The molecule has 0 aliphatic rings. The Morgan fingerprint density at radius 1 is 1.40 bits per heavy atom. The van der Waals surface area contributed by atoms with Crippen molar-refractivity contribution in [1.29, 1.82) is 0 Å². The fraction of sp³-hybridized carbons (Fsp3) is 0.412. The number of nitro groups is 1. The quantitative estimate of drug-likeness (QED) is 0.611. The van der Waals surface area contributed by atoms with Crippen molar-refractivity contribution in [2.75, 3.05) is 0 Å². The first kappa shape index (κ1) is 18.4. The predicted molar refractivity (Wildman–Crippen MR) is 93.0 cm³/mol. The summed E-state index contributed by atoms with van der Waals surface area (Å²) in [7, 11) is 0. The molecule has 2 aromatic rings. The minimum Gasteiger partial charge on any atom is -0.432 e. The lowest BCUT2D eigenvalue weighted by Crippen LogP contribution is -2.32. The van der Waals surface area contributed by atoms with E-state index in [1.54, 1.807) is 19.1 Å². The second-order valence-electron chi connectivity index (χ2n) is 5.70. The first-order chi connectivity index (χ1) is 11.9. The molecule has 2 rings (SSSR count). The zero-order valence-corrected chi connectivity index (χ0v) is 14.8. The van der Waals surface area contributed by atoms with Crippen LogP contribution in [-0.2, 0) is 6.54 Å². The Hall–Kier alpha value is -2.90. The number of hydrogen-bond acceptors (Lipinski definition) is 5. The minimum absolute atomic E-state index is 0.0262. The molecule has 1 unspecified atom stereocenters. The third-order valence-electron chi connectivity index (χ3n) is 3.90. The lowest BCUT2D eigenvalue weighted by molar-refractivity contribution is -0.385. The number of ether oxygens (including phenoxy) is 1. The fourth-order valence-electron chi connectivity index (χ4n) is 2.29. The molecule has 0 fully saturated rings. The lowest BCUT2D eigenvalue weighted by atomic mass is 10.2. The number of aryl methyl sites for hydroxylation is 1. The third kappa shape index (κ3) is 3.96. The van der Waals surface area contributed by atoms with Crippen LogP contribution in [0.3, 0.4) is 0 Å². The lowest BCUT2D eigenvalue weighted by Gasteiger charge is -2.10. The summed E-state index contributed by atoms with van der Waals surface area (Å²) in [4.78, 5) is 23.0. The number of carbonyl (C=O) groups excluding carboxylic acids is 1. The molecule has 1 amide bonds. The fourth-order valence-corrected chi connectivity index (χ4v) is 2.29. The third-order valence-corrected chi connectivity index (χ3v) is 3.90. The molecule has 134 valence electrons. The van der Waals surface area contributed by atoms with Gasteiger partial charge in [0.05, 0.1) is 4.92 Å². The van der Waals surface area contributed by atoms with E-state index < -0.39 is 4.92 Å². The predicted octanol–water partition coefficient (Wildman–Crippen LogP) is 3.44. The van der Waals surface area contributed by atoms with Gasteiger partial charge in [0.25, 0.3) is 5.91 Å². The van der Waals surface area contributed by atoms with E-state index in [2.05, 4.69) is 10.4 Å². The number of rotatable bonds is 7. The molecule has 8 nitrogen and oxygen atoms in total. The van der Waals surface area contributed by atoms with Gasteiger partial charge in [0.2, 0.25) is 11.6 Å². The van der Waals surface area contributed by atoms with E-state index >= 15 is 0 Å². The van der Waals surface area contributed by atoms with Crippen LogP contribution < -0.4 is 10.1 Å². The van der Waals surface area contributed by atoms with Crippen LogP contribution in [0.25, 0.3) is 0 Å². The number of amides is 1. The van der Waals surface area contributed by atoms with E-state index in [1.807, 2.05) is 20.8 Å². The maximum absolute atomic E-state index is 12.4. The second kappa shape index (κ2) is 7.78. The van der Waals surface area contributed by atoms with Gasteiger partial charge in [0.1, 0.15) is 0 Å². The van der Waals surface area contributed by atoms with Gasteiger partial charge in [-0.1, -0.05) is 19.1 Å². The normalized spacial score (nSPS) is 11.8. The maximum atomic E-state index is 12.4. The molecule has 0 aliphatic heterocycles. The summed E-state index contributed by atoms with van der Waals surface area (Å²) in [6.07, 6.45) is 0.804. The highest BCUT2D eigenvalue weighted by molar-refractivity contribution is 5.94. The van der Waals surface area contributed by atoms with Gasteiger partial charge in [-0.25, -0.2) is 4.68 Å². The average molecular weight is 346 g/mol. The molecule has 0 saturated carbocycles. The molecule has 25 heavy (non-hydrogen) atoms. The van der Waals surface area contributed by atoms with Crippen molar-refractivity contribution in [3.63, 3.8) is 0 Å². The number of aromatic nitrogens is 2. The van der Waals surface area contributed by atoms with Gasteiger partial charge in [-0.15, -0.1) is 0 Å². The SMILES string of the molecule is CCC(C)NC(=O)c1nn(CC)c(Oc2ccccc2[N+](=O)[O-])c1C. The molecule has 0 radical (unpaired) electrons. The van der Waals surface area contributed by atoms with Crippen LogP contribution >= 0.6 is 0 Å². The topological polar surface area (TPSA) is 99.3 Å². The molecule has 1 aromatic carbocycles. The molecule has 8 heteroatoms. The van der Waals surface area contributed by atoms with E-state index in [-0.39, 0.29) is 29.1 Å². The Morgan fingerprint density at radius 3 is 2.68 bits per heavy atom. The van der Waals surface area contributed by atoms with Gasteiger partial charge < -0.3 is 10.1 Å². The zero-order chi connectivity index (χ0) is 18.6. The van der Waals surface area contributed by atoms with Gasteiger partial charge in [-0.05, 0) is 33.3 Å². The summed E-state index contributed by atoms with van der Waals surface area (Å²) in [5, 5.41) is 18.3. The molecule has 1 heterocycles. The van der Waals surface area contributed by atoms with Gasteiger partial charge in [0, 0.05) is 24.2 Å². The summed E-state index contributed by atoms with van der Waals surface area (Å²) in [5.41, 5.74) is 0.660. The highest BCUT2D eigenvalue weighted by Crippen LogP contribution is 2.33. The summed E-state index contributed by atoms with van der Waals surface area (Å²) >= 11 is 0. The molecule has 0 saturated heterocycles. The summed E-state index contributed by atoms with van der Waals surface area (Å²) in [6.45, 7) is 7.93. The van der Waals surface area contributed by atoms with Crippen molar-refractivity contribution in [2.45, 2.75) is 46.7 Å². The van der Waals surface area contributed by atoms with Crippen LogP contribution in [0.2, 0.25) is 0 Å². The molecule has 0 spiro atoms. The Labute approximate surface area is 145 Å². The summed E-state index contributed by atoms with van der Waals surface area (Å²) in [5.74, 6) is 0.150. The maximum Gasteiger partial charge on any atom is 0.311 e. The van der Waals surface area contributed by atoms with Crippen molar-refractivity contribution in [3.05, 3.63) is 45.6 Å². The Bertz CT molecular complexity index is 785. The Kier molecular flexibility index (Phi) is 5.74. The van der Waals surface area contributed by atoms with Gasteiger partial charge in [0.15, 0.2) is 5.69 Å². The van der Waals surface area contributed by atoms with Crippen LogP contribution in [0.1, 0.15) is 43.2 Å². The monoisotopic (exact) mass is 346 g/mol. The van der Waals surface area contributed by atoms with E-state index in [4.69, 9.17) is 4.74 Å². The van der Waals surface area contributed by atoms with Crippen LogP contribution in [0.15, 0.2) is 24.3 Å². The first-order valence-corrected chi connectivity index (χ1v) is 8.18. The van der Waals surface area contributed by atoms with Crippen molar-refractivity contribution in [1.82, 2.24) is 15.1 Å². The van der Waals surface area contributed by atoms with Crippen LogP contribution in [0.4, 0.5) is 5.69 Å². The highest BCUT2D eigenvalue weighted by atomic mass is 16.6. The molecule has 0 bridgehead atoms. The van der Waals surface area contributed by atoms with Crippen LogP contribution in [0, 0.1) is 17.0 Å². The van der Waals surface area contributed by atoms with Crippen LogP contribution in [-0.4, -0.2) is 26.7 Å². The van der Waals surface area contributed by atoms with Gasteiger partial charge in [-0.3, -0.25) is 14.9 Å². The zero-order valence-electron chi connectivity index (χ0n) is 14.8. The number of benzene rings is 1. The number of nitro benzene ring substituents is 1. The molecule has 1 N–H and O–H groups in total. The van der Waals surface area contributed by atoms with Crippen molar-refractivity contribution < 1.29 is 14.5 Å².